The van der Waals surface area contributed by atoms with Crippen molar-refractivity contribution < 1.29 is 0 Å². The predicted molar refractivity (Wildman–Crippen MR) is 79.3 cm³/mol. The van der Waals surface area contributed by atoms with Gasteiger partial charge < -0.3 is 5.32 Å². The van der Waals surface area contributed by atoms with Crippen molar-refractivity contribution in [3.8, 4) is 0 Å². The average molecular weight is 278 g/mol. The van der Waals surface area contributed by atoms with Crippen molar-refractivity contribution in [1.82, 2.24) is 15.1 Å². The first-order chi connectivity index (χ1) is 9.22. The number of aryl methyl sites for hydroxylation is 2. The molecule has 0 fully saturated rings. The zero-order chi connectivity index (χ0) is 13.7. The highest BCUT2D eigenvalue weighted by Gasteiger charge is 2.04. The van der Waals surface area contributed by atoms with Crippen LogP contribution in [0.15, 0.2) is 30.3 Å². The van der Waals surface area contributed by atoms with Gasteiger partial charge in [-0.05, 0) is 37.1 Å². The summed E-state index contributed by atoms with van der Waals surface area (Å²) in [6.07, 6.45) is 0.983. The normalized spacial score (nSPS) is 10.9. The van der Waals surface area contributed by atoms with Crippen LogP contribution in [0.1, 0.15) is 30.8 Å². The monoisotopic (exact) mass is 277 g/mol. The van der Waals surface area contributed by atoms with Crippen LogP contribution in [0, 0.1) is 0 Å². The molecule has 2 aromatic rings. The van der Waals surface area contributed by atoms with E-state index in [-0.39, 0.29) is 0 Å². The molecule has 4 heteroatoms. The molecular formula is C15H20ClN3. The summed E-state index contributed by atoms with van der Waals surface area (Å²) in [6, 6.07) is 10.1. The molecular weight excluding hydrogens is 258 g/mol. The smallest absolute Gasteiger partial charge is 0.0625 e. The van der Waals surface area contributed by atoms with Gasteiger partial charge in [0.15, 0.2) is 0 Å². The molecule has 1 N–H and O–H groups in total. The van der Waals surface area contributed by atoms with Crippen molar-refractivity contribution in [1.29, 1.82) is 0 Å². The molecule has 0 saturated heterocycles. The molecule has 1 aromatic heterocycles. The summed E-state index contributed by atoms with van der Waals surface area (Å²) >= 11 is 5.87. The Morgan fingerprint density at radius 1 is 1.16 bits per heavy atom. The third-order valence-electron chi connectivity index (χ3n) is 3.12. The highest BCUT2D eigenvalue weighted by atomic mass is 35.5. The second-order valence-electron chi connectivity index (χ2n) is 4.53. The highest BCUT2D eigenvalue weighted by molar-refractivity contribution is 6.30. The number of nitrogens with one attached hydrogen (secondary N) is 1. The Balaban J connectivity index is 1.91. The molecule has 0 atom stereocenters. The van der Waals surface area contributed by atoms with Crippen LogP contribution in [0.5, 0.6) is 0 Å². The van der Waals surface area contributed by atoms with E-state index in [1.165, 1.54) is 11.3 Å². The second-order valence-corrected chi connectivity index (χ2v) is 4.96. The number of halogens is 1. The van der Waals surface area contributed by atoms with Crippen LogP contribution >= 0.6 is 11.6 Å². The maximum absolute atomic E-state index is 5.87. The number of hydrogen-bond acceptors (Lipinski definition) is 2. The van der Waals surface area contributed by atoms with E-state index >= 15 is 0 Å². The van der Waals surface area contributed by atoms with E-state index in [4.69, 9.17) is 11.6 Å². The van der Waals surface area contributed by atoms with Gasteiger partial charge >= 0.3 is 0 Å². The lowest BCUT2D eigenvalue weighted by atomic mass is 10.2. The van der Waals surface area contributed by atoms with Crippen molar-refractivity contribution in [3.63, 3.8) is 0 Å². The molecule has 0 amide bonds. The van der Waals surface area contributed by atoms with Gasteiger partial charge in [-0.25, -0.2) is 0 Å². The lowest BCUT2D eigenvalue weighted by molar-refractivity contribution is 0.577. The molecule has 0 radical (unpaired) electrons. The molecule has 0 spiro atoms. The van der Waals surface area contributed by atoms with Gasteiger partial charge in [0.1, 0.15) is 0 Å². The topological polar surface area (TPSA) is 29.9 Å². The first-order valence-electron chi connectivity index (χ1n) is 6.73. The van der Waals surface area contributed by atoms with Crippen molar-refractivity contribution in [2.24, 2.45) is 0 Å². The molecule has 102 valence electrons. The van der Waals surface area contributed by atoms with Gasteiger partial charge in [-0.15, -0.1) is 0 Å². The summed E-state index contributed by atoms with van der Waals surface area (Å²) in [5.74, 6) is 0. The third-order valence-corrected chi connectivity index (χ3v) is 3.38. The average Bonchev–Trinajstić information content (AvgIpc) is 2.83. The summed E-state index contributed by atoms with van der Waals surface area (Å²) in [7, 11) is 0. The Morgan fingerprint density at radius 2 is 1.89 bits per heavy atom. The van der Waals surface area contributed by atoms with Crippen molar-refractivity contribution in [2.75, 3.05) is 0 Å². The zero-order valence-corrected chi connectivity index (χ0v) is 12.2. The van der Waals surface area contributed by atoms with Crippen LogP contribution in [0.25, 0.3) is 0 Å². The zero-order valence-electron chi connectivity index (χ0n) is 11.5. The van der Waals surface area contributed by atoms with Crippen molar-refractivity contribution in [3.05, 3.63) is 52.3 Å². The molecule has 1 aromatic carbocycles. The van der Waals surface area contributed by atoms with Crippen LogP contribution in [0.4, 0.5) is 0 Å². The summed E-state index contributed by atoms with van der Waals surface area (Å²) in [5.41, 5.74) is 3.64. The van der Waals surface area contributed by atoms with E-state index in [0.717, 1.165) is 36.8 Å². The fraction of sp³-hybridized carbons (Fsp3) is 0.400. The summed E-state index contributed by atoms with van der Waals surface area (Å²) in [4.78, 5) is 0. The van der Waals surface area contributed by atoms with Crippen LogP contribution in [0.2, 0.25) is 5.02 Å². The Bertz CT molecular complexity index is 517. The van der Waals surface area contributed by atoms with Gasteiger partial charge in [-0.3, -0.25) is 4.68 Å². The molecule has 0 aliphatic rings. The molecule has 0 aliphatic carbocycles. The van der Waals surface area contributed by atoms with E-state index in [9.17, 15) is 0 Å². The molecule has 0 bridgehead atoms. The van der Waals surface area contributed by atoms with Crippen LogP contribution in [-0.4, -0.2) is 9.78 Å². The fourth-order valence-corrected chi connectivity index (χ4v) is 2.17. The van der Waals surface area contributed by atoms with E-state index in [1.54, 1.807) is 0 Å². The quantitative estimate of drug-likeness (QED) is 0.877. The molecule has 1 heterocycles. The summed E-state index contributed by atoms with van der Waals surface area (Å²) in [6.45, 7) is 6.84. The maximum Gasteiger partial charge on any atom is 0.0625 e. The van der Waals surface area contributed by atoms with E-state index in [0.29, 0.717) is 0 Å². The van der Waals surface area contributed by atoms with Gasteiger partial charge in [-0.2, -0.15) is 5.10 Å². The highest BCUT2D eigenvalue weighted by Crippen LogP contribution is 2.10. The second kappa shape index (κ2) is 6.73. The van der Waals surface area contributed by atoms with Crippen molar-refractivity contribution >= 4 is 11.6 Å². The number of aromatic nitrogens is 2. The minimum atomic E-state index is 0.778. The summed E-state index contributed by atoms with van der Waals surface area (Å²) < 4.78 is 2.06. The minimum Gasteiger partial charge on any atom is -0.307 e. The predicted octanol–water partition coefficient (Wildman–Crippen LogP) is 3.41. The van der Waals surface area contributed by atoms with Crippen LogP contribution in [0.3, 0.4) is 0 Å². The Kier molecular flexibility index (Phi) is 5.00. The van der Waals surface area contributed by atoms with Crippen LogP contribution < -0.4 is 5.32 Å². The van der Waals surface area contributed by atoms with E-state index in [1.807, 2.05) is 24.3 Å². The van der Waals surface area contributed by atoms with E-state index in [2.05, 4.69) is 35.0 Å². The Morgan fingerprint density at radius 3 is 2.53 bits per heavy atom. The summed E-state index contributed by atoms with van der Waals surface area (Å²) in [5, 5.41) is 8.77. The fourth-order valence-electron chi connectivity index (χ4n) is 2.04. The largest absolute Gasteiger partial charge is 0.307 e. The lowest BCUT2D eigenvalue weighted by Gasteiger charge is -2.07. The number of nitrogens with zero attached hydrogens (tertiary/aromatic N) is 2. The molecule has 19 heavy (non-hydrogen) atoms. The SMILES string of the molecule is CCc1cc(CNCc2ccc(Cl)cc2)n(CC)n1. The maximum atomic E-state index is 5.87. The van der Waals surface area contributed by atoms with Crippen LogP contribution in [-0.2, 0) is 26.1 Å². The van der Waals surface area contributed by atoms with Crippen molar-refractivity contribution in [2.45, 2.75) is 39.9 Å². The lowest BCUT2D eigenvalue weighted by Crippen LogP contribution is -2.16. The van der Waals surface area contributed by atoms with Gasteiger partial charge in [0.05, 0.1) is 11.4 Å². The van der Waals surface area contributed by atoms with Gasteiger partial charge in [0, 0.05) is 24.7 Å². The molecule has 3 nitrogen and oxygen atoms in total. The first-order valence-corrected chi connectivity index (χ1v) is 7.11. The standard InChI is InChI=1S/C15H20ClN3/c1-3-14-9-15(19(4-2)18-14)11-17-10-12-5-7-13(16)8-6-12/h5-9,17H,3-4,10-11H2,1-2H3. The number of benzene rings is 1. The molecule has 0 unspecified atom stereocenters. The van der Waals surface area contributed by atoms with E-state index < -0.39 is 0 Å². The Hall–Kier alpha value is -1.32. The number of hydrogen-bond donors (Lipinski definition) is 1. The third kappa shape index (κ3) is 3.82. The minimum absolute atomic E-state index is 0.778. The van der Waals surface area contributed by atoms with Gasteiger partial charge in [-0.1, -0.05) is 30.7 Å². The van der Waals surface area contributed by atoms with Gasteiger partial charge in [0.2, 0.25) is 0 Å². The number of rotatable bonds is 6. The van der Waals surface area contributed by atoms with Gasteiger partial charge in [0.25, 0.3) is 0 Å². The molecule has 2 rings (SSSR count). The Labute approximate surface area is 119 Å². The first kappa shape index (κ1) is 14.1. The molecule has 0 saturated carbocycles. The molecule has 0 aliphatic heterocycles.